The first-order valence-electron chi connectivity index (χ1n) is 7.08. The maximum absolute atomic E-state index is 13.5. The summed E-state index contributed by atoms with van der Waals surface area (Å²) >= 11 is 3.43. The van der Waals surface area contributed by atoms with Crippen molar-refractivity contribution in [2.45, 2.75) is 13.8 Å². The number of nitrogens with one attached hydrogen (secondary N) is 1. The van der Waals surface area contributed by atoms with Gasteiger partial charge < -0.3 is 5.32 Å². The van der Waals surface area contributed by atoms with E-state index in [1.807, 2.05) is 32.0 Å². The van der Waals surface area contributed by atoms with Gasteiger partial charge in [0.2, 0.25) is 0 Å². The summed E-state index contributed by atoms with van der Waals surface area (Å²) in [5, 5.41) is 3.36. The third-order valence-corrected chi connectivity index (χ3v) is 4.45. The minimum absolute atomic E-state index is 0.284. The van der Waals surface area contributed by atoms with Crippen LogP contribution in [0, 0.1) is 19.7 Å². The molecule has 116 valence electrons. The Morgan fingerprint density at radius 3 is 2.65 bits per heavy atom. The molecule has 0 bridgehead atoms. The van der Waals surface area contributed by atoms with Crippen LogP contribution in [0.15, 0.2) is 46.9 Å². The lowest BCUT2D eigenvalue weighted by Gasteiger charge is -2.10. The van der Waals surface area contributed by atoms with Crippen molar-refractivity contribution >= 4 is 38.4 Å². The van der Waals surface area contributed by atoms with E-state index in [-0.39, 0.29) is 5.91 Å². The van der Waals surface area contributed by atoms with Crippen molar-refractivity contribution in [3.63, 3.8) is 0 Å². The van der Waals surface area contributed by atoms with Gasteiger partial charge in [-0.25, -0.2) is 4.39 Å². The van der Waals surface area contributed by atoms with Crippen molar-refractivity contribution in [2.75, 3.05) is 5.32 Å². The first-order chi connectivity index (χ1) is 10.9. The molecule has 3 aromatic rings. The summed E-state index contributed by atoms with van der Waals surface area (Å²) in [7, 11) is 0. The van der Waals surface area contributed by atoms with Crippen LogP contribution in [-0.2, 0) is 0 Å². The van der Waals surface area contributed by atoms with Crippen LogP contribution in [0.25, 0.3) is 10.9 Å². The van der Waals surface area contributed by atoms with Crippen LogP contribution in [0.2, 0.25) is 0 Å². The summed E-state index contributed by atoms with van der Waals surface area (Å²) in [4.78, 5) is 17.0. The average molecular weight is 373 g/mol. The number of hydrogen-bond donors (Lipinski definition) is 1. The first-order valence-corrected chi connectivity index (χ1v) is 7.88. The maximum Gasteiger partial charge on any atom is 0.256 e. The molecule has 3 nitrogen and oxygen atoms in total. The Labute approximate surface area is 141 Å². The Hall–Kier alpha value is -2.27. The fraction of sp³-hybridized carbons (Fsp3) is 0.111. The molecule has 0 aliphatic heterocycles. The van der Waals surface area contributed by atoms with E-state index in [0.29, 0.717) is 27.8 Å². The fourth-order valence-corrected chi connectivity index (χ4v) is 2.69. The molecule has 1 heterocycles. The molecule has 2 aromatic carbocycles. The predicted molar refractivity (Wildman–Crippen MR) is 93.3 cm³/mol. The predicted octanol–water partition coefficient (Wildman–Crippen LogP) is 5.01. The fourth-order valence-electron chi connectivity index (χ4n) is 2.44. The van der Waals surface area contributed by atoms with Crippen LogP contribution in [0.3, 0.4) is 0 Å². The highest BCUT2D eigenvalue weighted by Gasteiger charge is 2.13. The van der Waals surface area contributed by atoms with Gasteiger partial charge in [-0.3, -0.25) is 9.78 Å². The van der Waals surface area contributed by atoms with E-state index in [4.69, 9.17) is 0 Å². The molecule has 0 unspecified atom stereocenters. The second kappa shape index (κ2) is 6.08. The lowest BCUT2D eigenvalue weighted by Crippen LogP contribution is -2.13. The summed E-state index contributed by atoms with van der Waals surface area (Å²) in [6, 6.07) is 11.5. The zero-order chi connectivity index (χ0) is 16.6. The van der Waals surface area contributed by atoms with Crippen molar-refractivity contribution in [1.82, 2.24) is 4.98 Å². The lowest BCUT2D eigenvalue weighted by molar-refractivity contribution is 0.102. The van der Waals surface area contributed by atoms with Gasteiger partial charge >= 0.3 is 0 Å². The number of nitrogens with zero attached hydrogens (tertiary/aromatic N) is 1. The molecule has 0 atom stereocenters. The number of hydrogen-bond acceptors (Lipinski definition) is 2. The number of carbonyl (C=O) groups excluding carboxylic acids is 1. The molecule has 5 heteroatoms. The second-order valence-electron chi connectivity index (χ2n) is 5.39. The van der Waals surface area contributed by atoms with Crippen molar-refractivity contribution < 1.29 is 9.18 Å². The number of halogens is 2. The molecule has 1 amide bonds. The Bertz CT molecular complexity index is 924. The topological polar surface area (TPSA) is 42.0 Å². The van der Waals surface area contributed by atoms with Gasteiger partial charge in [-0.1, -0.05) is 15.9 Å². The monoisotopic (exact) mass is 372 g/mol. The van der Waals surface area contributed by atoms with Gasteiger partial charge in [0.25, 0.3) is 5.91 Å². The zero-order valence-corrected chi connectivity index (χ0v) is 14.2. The SMILES string of the molecule is Cc1cc(C(=O)Nc2ccc(Br)c(C)c2)c2cc(F)ccc2n1. The number of rotatable bonds is 2. The third-order valence-electron chi connectivity index (χ3n) is 3.56. The Kier molecular flexibility index (Phi) is 4.13. The van der Waals surface area contributed by atoms with E-state index in [1.165, 1.54) is 12.1 Å². The van der Waals surface area contributed by atoms with Crippen molar-refractivity contribution in [3.8, 4) is 0 Å². The van der Waals surface area contributed by atoms with Crippen LogP contribution in [0.1, 0.15) is 21.6 Å². The quantitative estimate of drug-likeness (QED) is 0.687. The number of aromatic nitrogens is 1. The van der Waals surface area contributed by atoms with E-state index in [2.05, 4.69) is 26.2 Å². The average Bonchev–Trinajstić information content (AvgIpc) is 2.50. The summed E-state index contributed by atoms with van der Waals surface area (Å²) in [6.45, 7) is 3.75. The normalized spacial score (nSPS) is 10.8. The molecule has 0 aliphatic carbocycles. The smallest absolute Gasteiger partial charge is 0.256 e. The van der Waals surface area contributed by atoms with Gasteiger partial charge in [-0.15, -0.1) is 0 Å². The van der Waals surface area contributed by atoms with Gasteiger partial charge in [-0.05, 0) is 61.9 Å². The Balaban J connectivity index is 2.03. The molecular formula is C18H14BrFN2O. The molecule has 1 aromatic heterocycles. The first kappa shape index (κ1) is 15.6. The highest BCUT2D eigenvalue weighted by atomic mass is 79.9. The molecule has 3 rings (SSSR count). The zero-order valence-electron chi connectivity index (χ0n) is 12.7. The Morgan fingerprint density at radius 2 is 1.91 bits per heavy atom. The van der Waals surface area contributed by atoms with Gasteiger partial charge in [0.15, 0.2) is 0 Å². The molecule has 0 saturated carbocycles. The molecule has 0 radical (unpaired) electrons. The number of fused-ring (bicyclic) bond motifs is 1. The van der Waals surface area contributed by atoms with Gasteiger partial charge in [0.1, 0.15) is 5.82 Å². The molecule has 0 saturated heterocycles. The van der Waals surface area contributed by atoms with E-state index in [0.717, 1.165) is 10.0 Å². The summed E-state index contributed by atoms with van der Waals surface area (Å²) < 4.78 is 14.5. The van der Waals surface area contributed by atoms with E-state index in [9.17, 15) is 9.18 Å². The van der Waals surface area contributed by atoms with Crippen LogP contribution >= 0.6 is 15.9 Å². The summed E-state index contributed by atoms with van der Waals surface area (Å²) in [5.41, 5.74) is 3.43. The molecule has 23 heavy (non-hydrogen) atoms. The largest absolute Gasteiger partial charge is 0.322 e. The van der Waals surface area contributed by atoms with Crippen LogP contribution in [-0.4, -0.2) is 10.9 Å². The molecular weight excluding hydrogens is 359 g/mol. The summed E-state index contributed by atoms with van der Waals surface area (Å²) in [5.74, 6) is -0.676. The number of pyridine rings is 1. The van der Waals surface area contributed by atoms with Gasteiger partial charge in [0, 0.05) is 21.2 Å². The van der Waals surface area contributed by atoms with Crippen LogP contribution < -0.4 is 5.32 Å². The van der Waals surface area contributed by atoms with Gasteiger partial charge in [0.05, 0.1) is 11.1 Å². The number of anilines is 1. The number of benzene rings is 2. The Morgan fingerprint density at radius 1 is 1.13 bits per heavy atom. The van der Waals surface area contributed by atoms with Crippen LogP contribution in [0.5, 0.6) is 0 Å². The van der Waals surface area contributed by atoms with Gasteiger partial charge in [-0.2, -0.15) is 0 Å². The highest BCUT2D eigenvalue weighted by Crippen LogP contribution is 2.23. The maximum atomic E-state index is 13.5. The number of carbonyl (C=O) groups is 1. The van der Waals surface area contributed by atoms with Crippen LogP contribution in [0.4, 0.5) is 10.1 Å². The molecule has 0 aliphatic rings. The van der Waals surface area contributed by atoms with E-state index in [1.54, 1.807) is 12.1 Å². The lowest BCUT2D eigenvalue weighted by atomic mass is 10.1. The highest BCUT2D eigenvalue weighted by molar-refractivity contribution is 9.10. The number of aryl methyl sites for hydroxylation is 2. The van der Waals surface area contributed by atoms with Crippen molar-refractivity contribution in [1.29, 1.82) is 0 Å². The second-order valence-corrected chi connectivity index (χ2v) is 6.25. The van der Waals surface area contributed by atoms with E-state index < -0.39 is 5.82 Å². The molecule has 0 fully saturated rings. The summed E-state index contributed by atoms with van der Waals surface area (Å²) in [6.07, 6.45) is 0. The van der Waals surface area contributed by atoms with Crippen molar-refractivity contribution in [2.24, 2.45) is 0 Å². The minimum atomic E-state index is -0.392. The number of amides is 1. The van der Waals surface area contributed by atoms with Crippen molar-refractivity contribution in [3.05, 3.63) is 69.6 Å². The molecule has 0 spiro atoms. The third kappa shape index (κ3) is 3.24. The van der Waals surface area contributed by atoms with E-state index >= 15 is 0 Å². The standard InChI is InChI=1S/C18H14BrFN2O/c1-10-7-13(4-5-16(10)19)22-18(23)15-8-11(2)21-17-6-3-12(20)9-14(15)17/h3-9H,1-2H3,(H,22,23). The molecule has 1 N–H and O–H groups in total. The minimum Gasteiger partial charge on any atom is -0.322 e.